The molecule has 1 N–H and O–H groups in total. The Labute approximate surface area is 129 Å². The van der Waals surface area contributed by atoms with Crippen LogP contribution < -0.4 is 5.32 Å². The molecule has 3 nitrogen and oxygen atoms in total. The average Bonchev–Trinajstić information content (AvgIpc) is 2.82. The van der Waals surface area contributed by atoms with Crippen molar-refractivity contribution >= 4 is 0 Å². The van der Waals surface area contributed by atoms with Gasteiger partial charge >= 0.3 is 0 Å². The SMILES string of the molecule is CC(C)(C)c1nn(Cc2ccc(F)c(F)c2)c2c1CNCC2. The van der Waals surface area contributed by atoms with E-state index in [0.717, 1.165) is 30.8 Å². The third-order valence-corrected chi connectivity index (χ3v) is 4.03. The smallest absolute Gasteiger partial charge is 0.159 e. The molecule has 1 aromatic heterocycles. The van der Waals surface area contributed by atoms with Crippen LogP contribution in [-0.4, -0.2) is 16.3 Å². The van der Waals surface area contributed by atoms with Crippen LogP contribution in [-0.2, 0) is 24.9 Å². The highest BCUT2D eigenvalue weighted by Gasteiger charge is 2.27. The topological polar surface area (TPSA) is 29.9 Å². The van der Waals surface area contributed by atoms with E-state index >= 15 is 0 Å². The van der Waals surface area contributed by atoms with Crippen LogP contribution in [0.3, 0.4) is 0 Å². The highest BCUT2D eigenvalue weighted by molar-refractivity contribution is 5.33. The zero-order valence-electron chi connectivity index (χ0n) is 13.2. The normalized spacial score (nSPS) is 15.0. The molecule has 0 amide bonds. The Hall–Kier alpha value is -1.75. The molecule has 5 heteroatoms. The van der Waals surface area contributed by atoms with Crippen molar-refractivity contribution in [3.05, 3.63) is 52.3 Å². The van der Waals surface area contributed by atoms with Gasteiger partial charge < -0.3 is 5.32 Å². The second-order valence-electron chi connectivity index (χ2n) is 6.86. The first-order valence-corrected chi connectivity index (χ1v) is 7.60. The summed E-state index contributed by atoms with van der Waals surface area (Å²) in [5.74, 6) is -1.62. The summed E-state index contributed by atoms with van der Waals surface area (Å²) < 4.78 is 28.4. The molecule has 0 unspecified atom stereocenters. The number of hydrogen-bond donors (Lipinski definition) is 1. The quantitative estimate of drug-likeness (QED) is 0.923. The minimum absolute atomic E-state index is 0.0393. The number of hydrogen-bond acceptors (Lipinski definition) is 2. The molecule has 0 atom stereocenters. The van der Waals surface area contributed by atoms with Gasteiger partial charge in [-0.25, -0.2) is 8.78 Å². The fourth-order valence-electron chi connectivity index (χ4n) is 2.96. The Bertz CT molecular complexity index is 699. The molecule has 0 fully saturated rings. The van der Waals surface area contributed by atoms with Crippen molar-refractivity contribution in [1.82, 2.24) is 15.1 Å². The first-order valence-electron chi connectivity index (χ1n) is 7.60. The van der Waals surface area contributed by atoms with Gasteiger partial charge in [0.05, 0.1) is 12.2 Å². The van der Waals surface area contributed by atoms with Gasteiger partial charge in [0, 0.05) is 36.2 Å². The molecule has 2 heterocycles. The maximum atomic E-state index is 13.4. The van der Waals surface area contributed by atoms with Crippen LogP contribution in [0, 0.1) is 11.6 Å². The molecule has 0 saturated heterocycles. The van der Waals surface area contributed by atoms with E-state index in [2.05, 4.69) is 26.1 Å². The maximum absolute atomic E-state index is 13.4. The van der Waals surface area contributed by atoms with Crippen LogP contribution in [0.4, 0.5) is 8.78 Å². The van der Waals surface area contributed by atoms with Crippen LogP contribution in [0.1, 0.15) is 43.3 Å². The van der Waals surface area contributed by atoms with Gasteiger partial charge in [-0.3, -0.25) is 4.68 Å². The van der Waals surface area contributed by atoms with Gasteiger partial charge in [-0.2, -0.15) is 5.10 Å². The van der Waals surface area contributed by atoms with Gasteiger partial charge in [-0.05, 0) is 17.7 Å². The van der Waals surface area contributed by atoms with Crippen molar-refractivity contribution in [3.63, 3.8) is 0 Å². The zero-order chi connectivity index (χ0) is 15.9. The lowest BCUT2D eigenvalue weighted by atomic mass is 9.88. The van der Waals surface area contributed by atoms with Crippen molar-refractivity contribution in [1.29, 1.82) is 0 Å². The molecule has 0 saturated carbocycles. The van der Waals surface area contributed by atoms with Crippen molar-refractivity contribution in [3.8, 4) is 0 Å². The summed E-state index contributed by atoms with van der Waals surface area (Å²) in [4.78, 5) is 0. The predicted molar refractivity (Wildman–Crippen MR) is 81.8 cm³/mol. The van der Waals surface area contributed by atoms with Crippen molar-refractivity contribution in [2.75, 3.05) is 6.54 Å². The highest BCUT2D eigenvalue weighted by Crippen LogP contribution is 2.29. The third-order valence-electron chi connectivity index (χ3n) is 4.03. The molecule has 118 valence electrons. The first kappa shape index (κ1) is 15.2. The summed E-state index contributed by atoms with van der Waals surface area (Å²) in [6.07, 6.45) is 0.905. The van der Waals surface area contributed by atoms with Crippen molar-refractivity contribution in [2.45, 2.75) is 45.7 Å². The summed E-state index contributed by atoms with van der Waals surface area (Å²) >= 11 is 0. The minimum atomic E-state index is -0.814. The minimum Gasteiger partial charge on any atom is -0.312 e. The van der Waals surface area contributed by atoms with E-state index in [4.69, 9.17) is 5.10 Å². The summed E-state index contributed by atoms with van der Waals surface area (Å²) in [6, 6.07) is 4.04. The van der Waals surface area contributed by atoms with Crippen LogP contribution >= 0.6 is 0 Å². The monoisotopic (exact) mass is 305 g/mol. The van der Waals surface area contributed by atoms with Crippen molar-refractivity contribution in [2.24, 2.45) is 0 Å². The Balaban J connectivity index is 2.00. The molecule has 0 bridgehead atoms. The molecule has 0 aliphatic carbocycles. The molecule has 1 aliphatic rings. The molecular formula is C17H21F2N3. The lowest BCUT2D eigenvalue weighted by Gasteiger charge is -2.20. The molecule has 0 radical (unpaired) electrons. The molecule has 1 aliphatic heterocycles. The lowest BCUT2D eigenvalue weighted by molar-refractivity contribution is 0.504. The van der Waals surface area contributed by atoms with Gasteiger partial charge in [0.2, 0.25) is 0 Å². The van der Waals surface area contributed by atoms with Gasteiger partial charge in [0.15, 0.2) is 11.6 Å². The third kappa shape index (κ3) is 2.77. The second-order valence-corrected chi connectivity index (χ2v) is 6.86. The number of nitrogens with one attached hydrogen (secondary N) is 1. The first-order chi connectivity index (χ1) is 10.4. The van der Waals surface area contributed by atoms with E-state index in [1.807, 2.05) is 4.68 Å². The van der Waals surface area contributed by atoms with Crippen LogP contribution in [0.25, 0.3) is 0 Å². The van der Waals surface area contributed by atoms with Crippen LogP contribution in [0.5, 0.6) is 0 Å². The van der Waals surface area contributed by atoms with Crippen LogP contribution in [0.15, 0.2) is 18.2 Å². The molecular weight excluding hydrogens is 284 g/mol. The number of benzene rings is 1. The fraction of sp³-hybridized carbons (Fsp3) is 0.471. The number of rotatable bonds is 2. The van der Waals surface area contributed by atoms with Crippen molar-refractivity contribution < 1.29 is 8.78 Å². The second kappa shape index (κ2) is 5.47. The number of nitrogens with zero attached hydrogens (tertiary/aromatic N) is 2. The summed E-state index contributed by atoms with van der Waals surface area (Å²) in [5, 5.41) is 8.16. The molecule has 1 aromatic carbocycles. The highest BCUT2D eigenvalue weighted by atomic mass is 19.2. The van der Waals surface area contributed by atoms with E-state index in [0.29, 0.717) is 6.54 Å². The average molecular weight is 305 g/mol. The summed E-state index contributed by atoms with van der Waals surface area (Å²) in [7, 11) is 0. The van der Waals surface area contributed by atoms with E-state index in [-0.39, 0.29) is 5.41 Å². The van der Waals surface area contributed by atoms with E-state index in [9.17, 15) is 8.78 Å². The van der Waals surface area contributed by atoms with Crippen LogP contribution in [0.2, 0.25) is 0 Å². The standard InChI is InChI=1S/C17H21F2N3/c1-17(2,3)16-12-9-20-7-6-15(12)22(21-16)10-11-4-5-13(18)14(19)8-11/h4-5,8,20H,6-7,9-10H2,1-3H3. The fourth-order valence-corrected chi connectivity index (χ4v) is 2.96. The van der Waals surface area contributed by atoms with E-state index in [1.54, 1.807) is 6.07 Å². The van der Waals surface area contributed by atoms with E-state index < -0.39 is 11.6 Å². The number of halogens is 2. The number of aromatic nitrogens is 2. The Morgan fingerprint density at radius 1 is 1.23 bits per heavy atom. The molecule has 0 spiro atoms. The summed E-state index contributed by atoms with van der Waals surface area (Å²) in [6.45, 7) is 8.64. The Morgan fingerprint density at radius 3 is 2.68 bits per heavy atom. The number of fused-ring (bicyclic) bond motifs is 1. The lowest BCUT2D eigenvalue weighted by Crippen LogP contribution is -2.26. The Kier molecular flexibility index (Phi) is 3.77. The zero-order valence-corrected chi connectivity index (χ0v) is 13.2. The molecule has 22 heavy (non-hydrogen) atoms. The predicted octanol–water partition coefficient (Wildman–Crippen LogP) is 3.15. The van der Waals surface area contributed by atoms with E-state index in [1.165, 1.54) is 23.4 Å². The van der Waals surface area contributed by atoms with Gasteiger partial charge in [0.25, 0.3) is 0 Å². The van der Waals surface area contributed by atoms with Gasteiger partial charge in [0.1, 0.15) is 0 Å². The largest absolute Gasteiger partial charge is 0.312 e. The van der Waals surface area contributed by atoms with Gasteiger partial charge in [-0.15, -0.1) is 0 Å². The maximum Gasteiger partial charge on any atom is 0.159 e. The summed E-state index contributed by atoms with van der Waals surface area (Å²) in [5.41, 5.74) is 4.22. The molecule has 3 rings (SSSR count). The molecule has 2 aromatic rings. The van der Waals surface area contributed by atoms with Gasteiger partial charge in [-0.1, -0.05) is 26.8 Å². The Morgan fingerprint density at radius 2 is 2.00 bits per heavy atom.